The summed E-state index contributed by atoms with van der Waals surface area (Å²) in [5.41, 5.74) is 0. The smallest absolute Gasteiger partial charge is 0.406 e. The Balaban J connectivity index is 0.00000200. The van der Waals surface area contributed by atoms with Crippen molar-refractivity contribution in [3.05, 3.63) is 0 Å². The fourth-order valence-corrected chi connectivity index (χ4v) is 3.35. The summed E-state index contributed by atoms with van der Waals surface area (Å²) in [6, 6.07) is 1.29. The maximum atomic E-state index is 11.0. The number of methoxy groups -OCH3 is 1. The summed E-state index contributed by atoms with van der Waals surface area (Å²) < 4.78 is 4.56. The predicted molar refractivity (Wildman–Crippen MR) is 77.4 cm³/mol. The van der Waals surface area contributed by atoms with Crippen molar-refractivity contribution in [2.75, 3.05) is 33.3 Å². The number of carbonyl (C=O) groups excluding carboxylic acids is 1. The lowest BCUT2D eigenvalue weighted by atomic mass is 9.89. The van der Waals surface area contributed by atoms with Crippen LogP contribution in [0.5, 0.6) is 0 Å². The summed E-state index contributed by atoms with van der Waals surface area (Å²) in [6.45, 7) is 3.99. The SMILES string of the molecule is COC(=O)NCCN[C@@H]1CCCC[C@@H]1N1CCCC1.[HH]. The molecule has 0 aromatic carbocycles. The highest BCUT2D eigenvalue weighted by Crippen LogP contribution is 2.26. The van der Waals surface area contributed by atoms with E-state index in [-0.39, 0.29) is 7.52 Å². The Morgan fingerprint density at radius 3 is 2.68 bits per heavy atom. The number of amides is 1. The van der Waals surface area contributed by atoms with Crippen molar-refractivity contribution in [2.24, 2.45) is 0 Å². The Hall–Kier alpha value is -0.810. The van der Waals surface area contributed by atoms with Gasteiger partial charge in [0.1, 0.15) is 0 Å². The van der Waals surface area contributed by atoms with Crippen molar-refractivity contribution < 1.29 is 11.0 Å². The second kappa shape index (κ2) is 7.70. The Morgan fingerprint density at radius 1 is 1.21 bits per heavy atom. The molecular weight excluding hydrogens is 242 g/mol. The molecule has 0 unspecified atom stereocenters. The van der Waals surface area contributed by atoms with Crippen molar-refractivity contribution in [3.63, 3.8) is 0 Å². The van der Waals surface area contributed by atoms with E-state index >= 15 is 0 Å². The molecule has 19 heavy (non-hydrogen) atoms. The molecular formula is C14H29N3O2. The van der Waals surface area contributed by atoms with Crippen LogP contribution in [0.15, 0.2) is 0 Å². The lowest BCUT2D eigenvalue weighted by Gasteiger charge is -2.38. The molecule has 2 atom stereocenters. The standard InChI is InChI=1S/C14H27N3O2.H2/c1-19-14(18)16-9-8-15-12-6-2-3-7-13(12)17-10-4-5-11-17;/h12-13,15H,2-11H2,1H3,(H,16,18);1H/t12-,13+;/m1./s1. The van der Waals surface area contributed by atoms with Gasteiger partial charge in [-0.2, -0.15) is 0 Å². The minimum absolute atomic E-state index is 0. The predicted octanol–water partition coefficient (Wildman–Crippen LogP) is 1.58. The van der Waals surface area contributed by atoms with Crippen molar-refractivity contribution in [1.29, 1.82) is 0 Å². The van der Waals surface area contributed by atoms with Gasteiger partial charge in [0.2, 0.25) is 0 Å². The summed E-state index contributed by atoms with van der Waals surface area (Å²) in [5.74, 6) is 0. The molecule has 0 radical (unpaired) electrons. The van der Waals surface area contributed by atoms with Crippen molar-refractivity contribution >= 4 is 6.09 Å². The van der Waals surface area contributed by atoms with Gasteiger partial charge in [0.15, 0.2) is 0 Å². The molecule has 0 bridgehead atoms. The second-order valence-corrected chi connectivity index (χ2v) is 5.57. The lowest BCUT2D eigenvalue weighted by molar-refractivity contribution is 0.147. The Labute approximate surface area is 117 Å². The van der Waals surface area contributed by atoms with E-state index in [4.69, 9.17) is 0 Å². The number of carbonyl (C=O) groups is 1. The van der Waals surface area contributed by atoms with Crippen molar-refractivity contribution in [1.82, 2.24) is 15.5 Å². The molecule has 1 saturated heterocycles. The minimum atomic E-state index is -0.346. The van der Waals surface area contributed by atoms with Gasteiger partial charge in [-0.15, -0.1) is 0 Å². The van der Waals surface area contributed by atoms with E-state index in [0.29, 0.717) is 18.6 Å². The monoisotopic (exact) mass is 271 g/mol. The van der Waals surface area contributed by atoms with E-state index in [2.05, 4.69) is 20.3 Å². The fraction of sp³-hybridized carbons (Fsp3) is 0.929. The van der Waals surface area contributed by atoms with E-state index in [0.717, 1.165) is 6.54 Å². The van der Waals surface area contributed by atoms with E-state index in [1.807, 2.05) is 0 Å². The maximum Gasteiger partial charge on any atom is 0.406 e. The van der Waals surface area contributed by atoms with Crippen LogP contribution >= 0.6 is 0 Å². The van der Waals surface area contributed by atoms with Crippen LogP contribution < -0.4 is 10.6 Å². The first-order chi connectivity index (χ1) is 9.31. The molecule has 5 heteroatoms. The van der Waals surface area contributed by atoms with Crippen LogP contribution in [0.25, 0.3) is 0 Å². The summed E-state index contributed by atoms with van der Waals surface area (Å²) >= 11 is 0. The molecule has 1 aliphatic carbocycles. The van der Waals surface area contributed by atoms with Crippen LogP contribution in [-0.2, 0) is 4.74 Å². The first-order valence-electron chi connectivity index (χ1n) is 7.60. The number of nitrogens with zero attached hydrogens (tertiary/aromatic N) is 1. The second-order valence-electron chi connectivity index (χ2n) is 5.57. The zero-order valence-electron chi connectivity index (χ0n) is 12.0. The number of rotatable bonds is 5. The molecule has 2 aliphatic rings. The lowest BCUT2D eigenvalue weighted by Crippen LogP contribution is -2.52. The summed E-state index contributed by atoms with van der Waals surface area (Å²) in [7, 11) is 1.40. The number of ether oxygens (including phenoxy) is 1. The van der Waals surface area contributed by atoms with Crippen LogP contribution in [0.1, 0.15) is 40.0 Å². The molecule has 1 saturated carbocycles. The molecule has 1 amide bonds. The molecule has 112 valence electrons. The number of alkyl carbamates (subject to hydrolysis) is 1. The summed E-state index contributed by atoms with van der Waals surface area (Å²) in [6.07, 6.45) is 7.63. The largest absolute Gasteiger partial charge is 0.453 e. The molecule has 5 nitrogen and oxygen atoms in total. The highest BCUT2D eigenvalue weighted by molar-refractivity contribution is 5.66. The number of nitrogens with one attached hydrogen (secondary N) is 2. The van der Waals surface area contributed by atoms with E-state index in [1.165, 1.54) is 58.7 Å². The fourth-order valence-electron chi connectivity index (χ4n) is 3.35. The van der Waals surface area contributed by atoms with E-state index in [1.54, 1.807) is 0 Å². The van der Waals surface area contributed by atoms with Crippen LogP contribution in [-0.4, -0.2) is 56.4 Å². The van der Waals surface area contributed by atoms with Gasteiger partial charge in [-0.3, -0.25) is 4.90 Å². The Bertz CT molecular complexity index is 286. The third-order valence-electron chi connectivity index (χ3n) is 4.33. The van der Waals surface area contributed by atoms with Gasteiger partial charge in [0.25, 0.3) is 0 Å². The third kappa shape index (κ3) is 4.35. The minimum Gasteiger partial charge on any atom is -0.453 e. The van der Waals surface area contributed by atoms with Crippen LogP contribution in [0.3, 0.4) is 0 Å². The van der Waals surface area contributed by atoms with Crippen LogP contribution in [0.2, 0.25) is 0 Å². The maximum absolute atomic E-state index is 11.0. The quantitative estimate of drug-likeness (QED) is 0.746. The zero-order chi connectivity index (χ0) is 13.5. The topological polar surface area (TPSA) is 53.6 Å². The molecule has 0 spiro atoms. The number of likely N-dealkylation sites (tertiary alicyclic amines) is 1. The zero-order valence-corrected chi connectivity index (χ0v) is 12.0. The average molecular weight is 271 g/mol. The summed E-state index contributed by atoms with van der Waals surface area (Å²) in [4.78, 5) is 13.6. The average Bonchev–Trinajstić information content (AvgIpc) is 2.97. The highest BCUT2D eigenvalue weighted by atomic mass is 16.5. The van der Waals surface area contributed by atoms with Gasteiger partial charge in [0.05, 0.1) is 7.11 Å². The van der Waals surface area contributed by atoms with Gasteiger partial charge in [0, 0.05) is 26.6 Å². The van der Waals surface area contributed by atoms with Crippen molar-refractivity contribution in [3.8, 4) is 0 Å². The number of hydrogen-bond acceptors (Lipinski definition) is 4. The van der Waals surface area contributed by atoms with Gasteiger partial charge < -0.3 is 15.4 Å². The molecule has 2 fully saturated rings. The van der Waals surface area contributed by atoms with Gasteiger partial charge >= 0.3 is 6.09 Å². The Kier molecular flexibility index (Phi) is 5.92. The molecule has 0 aromatic heterocycles. The Morgan fingerprint density at radius 2 is 1.95 bits per heavy atom. The molecule has 2 rings (SSSR count). The first-order valence-corrected chi connectivity index (χ1v) is 7.60. The molecule has 1 aliphatic heterocycles. The number of hydrogen-bond donors (Lipinski definition) is 2. The van der Waals surface area contributed by atoms with Gasteiger partial charge in [-0.25, -0.2) is 4.79 Å². The summed E-state index contributed by atoms with van der Waals surface area (Å²) in [5, 5.41) is 6.34. The van der Waals surface area contributed by atoms with Gasteiger partial charge in [-0.1, -0.05) is 12.8 Å². The van der Waals surface area contributed by atoms with Crippen molar-refractivity contribution in [2.45, 2.75) is 50.6 Å². The molecule has 0 aromatic rings. The van der Waals surface area contributed by atoms with Crippen LogP contribution in [0, 0.1) is 0 Å². The first kappa shape index (κ1) is 14.6. The van der Waals surface area contributed by atoms with E-state index in [9.17, 15) is 4.79 Å². The van der Waals surface area contributed by atoms with E-state index < -0.39 is 0 Å². The normalized spacial score (nSPS) is 28.3. The molecule has 2 N–H and O–H groups in total. The molecule has 1 heterocycles. The third-order valence-corrected chi connectivity index (χ3v) is 4.33. The van der Waals surface area contributed by atoms with Gasteiger partial charge in [-0.05, 0) is 38.8 Å². The van der Waals surface area contributed by atoms with Crippen LogP contribution in [0.4, 0.5) is 4.79 Å². The highest BCUT2D eigenvalue weighted by Gasteiger charge is 2.30.